The first-order chi connectivity index (χ1) is 14.2. The van der Waals surface area contributed by atoms with E-state index in [1.54, 1.807) is 0 Å². The van der Waals surface area contributed by atoms with Crippen LogP contribution in [-0.4, -0.2) is 40.8 Å². The monoisotopic (exact) mass is 411 g/mol. The Bertz CT molecular complexity index is 1020. The number of nitrogens with one attached hydrogen (secondary N) is 2. The lowest BCUT2D eigenvalue weighted by molar-refractivity contribution is 0.215. The van der Waals surface area contributed by atoms with Crippen molar-refractivity contribution >= 4 is 34.1 Å². The summed E-state index contributed by atoms with van der Waals surface area (Å²) >= 11 is 6.29. The van der Waals surface area contributed by atoms with Gasteiger partial charge in [-0.2, -0.15) is 0 Å². The van der Waals surface area contributed by atoms with Crippen LogP contribution in [-0.2, 0) is 0 Å². The van der Waals surface area contributed by atoms with Crippen molar-refractivity contribution in [3.8, 4) is 11.6 Å². The van der Waals surface area contributed by atoms with Gasteiger partial charge in [0.05, 0.1) is 17.1 Å². The lowest BCUT2D eigenvalue weighted by Crippen LogP contribution is -2.20. The summed E-state index contributed by atoms with van der Waals surface area (Å²) in [6.45, 7) is 2.51. The van der Waals surface area contributed by atoms with E-state index in [4.69, 9.17) is 21.1 Å². The van der Waals surface area contributed by atoms with E-state index in [9.17, 15) is 0 Å². The zero-order chi connectivity index (χ0) is 19.6. The lowest BCUT2D eigenvalue weighted by Gasteiger charge is -2.14. The SMILES string of the molecule is Clc1ccc(Nc2ncnc3ccc(O[C@H]4CCNC4)nc23)cc1OCC1CC1. The Balaban J connectivity index is 1.39. The molecular weight excluding hydrogens is 390 g/mol. The van der Waals surface area contributed by atoms with E-state index in [-0.39, 0.29) is 6.10 Å². The number of halogens is 1. The molecule has 3 heterocycles. The number of hydrogen-bond acceptors (Lipinski definition) is 7. The second-order valence-corrected chi connectivity index (χ2v) is 7.90. The summed E-state index contributed by atoms with van der Waals surface area (Å²) in [6, 6.07) is 9.36. The molecule has 1 aromatic carbocycles. The number of rotatable bonds is 7. The Kier molecular flexibility index (Phi) is 5.08. The topological polar surface area (TPSA) is 81.2 Å². The second-order valence-electron chi connectivity index (χ2n) is 7.50. The molecule has 150 valence electrons. The van der Waals surface area contributed by atoms with Crippen LogP contribution in [0.5, 0.6) is 11.6 Å². The Morgan fingerprint density at radius 1 is 1.14 bits per heavy atom. The highest BCUT2D eigenvalue weighted by atomic mass is 35.5. The molecule has 0 amide bonds. The zero-order valence-corrected chi connectivity index (χ0v) is 16.7. The van der Waals surface area contributed by atoms with Crippen molar-refractivity contribution in [3.63, 3.8) is 0 Å². The summed E-state index contributed by atoms with van der Waals surface area (Å²) in [5.41, 5.74) is 2.23. The number of anilines is 2. The van der Waals surface area contributed by atoms with Crippen LogP contribution >= 0.6 is 11.6 Å². The number of fused-ring (bicyclic) bond motifs is 1. The third-order valence-corrected chi connectivity index (χ3v) is 5.44. The first-order valence-electron chi connectivity index (χ1n) is 9.93. The minimum Gasteiger partial charge on any atom is -0.492 e. The van der Waals surface area contributed by atoms with Gasteiger partial charge in [-0.25, -0.2) is 15.0 Å². The molecule has 0 bridgehead atoms. The molecule has 0 radical (unpaired) electrons. The van der Waals surface area contributed by atoms with Gasteiger partial charge >= 0.3 is 0 Å². The van der Waals surface area contributed by atoms with Gasteiger partial charge in [0.15, 0.2) is 5.82 Å². The zero-order valence-electron chi connectivity index (χ0n) is 15.9. The predicted molar refractivity (Wildman–Crippen MR) is 112 cm³/mol. The van der Waals surface area contributed by atoms with Gasteiger partial charge in [-0.1, -0.05) is 11.6 Å². The summed E-state index contributed by atoms with van der Waals surface area (Å²) < 4.78 is 11.9. The van der Waals surface area contributed by atoms with E-state index in [0.717, 1.165) is 30.7 Å². The van der Waals surface area contributed by atoms with E-state index in [2.05, 4.69) is 25.6 Å². The van der Waals surface area contributed by atoms with Crippen molar-refractivity contribution in [2.75, 3.05) is 25.0 Å². The third kappa shape index (κ3) is 4.36. The summed E-state index contributed by atoms with van der Waals surface area (Å²) in [7, 11) is 0. The van der Waals surface area contributed by atoms with Gasteiger partial charge in [-0.05, 0) is 49.9 Å². The molecule has 2 aromatic heterocycles. The van der Waals surface area contributed by atoms with Crippen LogP contribution < -0.4 is 20.1 Å². The lowest BCUT2D eigenvalue weighted by atomic mass is 10.2. The molecule has 2 fully saturated rings. The molecule has 0 unspecified atom stereocenters. The Labute approximate surface area is 173 Å². The highest BCUT2D eigenvalue weighted by Crippen LogP contribution is 2.34. The molecule has 29 heavy (non-hydrogen) atoms. The molecule has 1 atom stereocenters. The van der Waals surface area contributed by atoms with E-state index in [0.29, 0.717) is 40.5 Å². The molecule has 1 aliphatic heterocycles. The molecule has 1 saturated heterocycles. The maximum atomic E-state index is 6.29. The third-order valence-electron chi connectivity index (χ3n) is 5.12. The smallest absolute Gasteiger partial charge is 0.214 e. The molecule has 3 aromatic rings. The summed E-state index contributed by atoms with van der Waals surface area (Å²) in [5, 5.41) is 7.21. The number of ether oxygens (including phenoxy) is 2. The minimum atomic E-state index is 0.142. The molecule has 5 rings (SSSR count). The molecule has 2 N–H and O–H groups in total. The van der Waals surface area contributed by atoms with Gasteiger partial charge in [0.25, 0.3) is 0 Å². The van der Waals surface area contributed by atoms with Crippen LogP contribution in [0.4, 0.5) is 11.5 Å². The van der Waals surface area contributed by atoms with Crippen LogP contribution in [0.25, 0.3) is 11.0 Å². The van der Waals surface area contributed by atoms with Crippen molar-refractivity contribution in [1.82, 2.24) is 20.3 Å². The normalized spacial score (nSPS) is 18.7. The fourth-order valence-electron chi connectivity index (χ4n) is 3.30. The van der Waals surface area contributed by atoms with Crippen LogP contribution in [0.15, 0.2) is 36.7 Å². The molecule has 0 spiro atoms. The van der Waals surface area contributed by atoms with Gasteiger partial charge in [-0.15, -0.1) is 0 Å². The minimum absolute atomic E-state index is 0.142. The summed E-state index contributed by atoms with van der Waals surface area (Å²) in [4.78, 5) is 13.3. The second kappa shape index (κ2) is 8.00. The van der Waals surface area contributed by atoms with Crippen molar-refractivity contribution in [3.05, 3.63) is 41.7 Å². The molecule has 8 heteroatoms. The first-order valence-corrected chi connectivity index (χ1v) is 10.3. The maximum absolute atomic E-state index is 6.29. The molecule has 2 aliphatic rings. The Hall–Kier alpha value is -2.64. The Morgan fingerprint density at radius 2 is 2.07 bits per heavy atom. The largest absolute Gasteiger partial charge is 0.492 e. The Morgan fingerprint density at radius 3 is 2.90 bits per heavy atom. The van der Waals surface area contributed by atoms with Crippen molar-refractivity contribution < 1.29 is 9.47 Å². The average molecular weight is 412 g/mol. The summed E-state index contributed by atoms with van der Waals surface area (Å²) in [6.07, 6.45) is 5.10. The van der Waals surface area contributed by atoms with Crippen molar-refractivity contribution in [1.29, 1.82) is 0 Å². The van der Waals surface area contributed by atoms with Gasteiger partial charge in [0.1, 0.15) is 23.7 Å². The standard InChI is InChI=1S/C21H22ClN5O2/c22-16-4-3-14(9-18(16)28-11-13-1-2-13)26-21-20-17(24-12-25-21)5-6-19(27-20)29-15-7-8-23-10-15/h3-6,9,12-13,15,23H,1-2,7-8,10-11H2,(H,24,25,26)/t15-/m0/s1. The van der Waals surface area contributed by atoms with Crippen molar-refractivity contribution in [2.45, 2.75) is 25.4 Å². The predicted octanol–water partition coefficient (Wildman–Crippen LogP) is 3.95. The molecule has 1 saturated carbocycles. The van der Waals surface area contributed by atoms with Crippen LogP contribution in [0.3, 0.4) is 0 Å². The molecule has 1 aliphatic carbocycles. The molecular formula is C21H22ClN5O2. The highest BCUT2D eigenvalue weighted by molar-refractivity contribution is 6.32. The molecule has 7 nitrogen and oxygen atoms in total. The highest BCUT2D eigenvalue weighted by Gasteiger charge is 2.22. The van der Waals surface area contributed by atoms with E-state index in [1.165, 1.54) is 19.2 Å². The number of pyridine rings is 1. The first kappa shape index (κ1) is 18.4. The van der Waals surface area contributed by atoms with Crippen molar-refractivity contribution in [2.24, 2.45) is 5.92 Å². The van der Waals surface area contributed by atoms with Crippen LogP contribution in [0, 0.1) is 5.92 Å². The van der Waals surface area contributed by atoms with E-state index in [1.807, 2.05) is 30.3 Å². The van der Waals surface area contributed by atoms with Crippen LogP contribution in [0.2, 0.25) is 5.02 Å². The van der Waals surface area contributed by atoms with Gasteiger partial charge in [0.2, 0.25) is 5.88 Å². The fourth-order valence-corrected chi connectivity index (χ4v) is 3.47. The number of aromatic nitrogens is 3. The number of benzene rings is 1. The van der Waals surface area contributed by atoms with Gasteiger partial charge < -0.3 is 20.1 Å². The fraction of sp³-hybridized carbons (Fsp3) is 0.381. The van der Waals surface area contributed by atoms with E-state index < -0.39 is 0 Å². The summed E-state index contributed by atoms with van der Waals surface area (Å²) in [5.74, 6) is 2.52. The van der Waals surface area contributed by atoms with E-state index >= 15 is 0 Å². The van der Waals surface area contributed by atoms with Gasteiger partial charge in [-0.3, -0.25) is 0 Å². The average Bonchev–Trinajstić information content (AvgIpc) is 3.43. The van der Waals surface area contributed by atoms with Crippen LogP contribution in [0.1, 0.15) is 19.3 Å². The quantitative estimate of drug-likeness (QED) is 0.609. The maximum Gasteiger partial charge on any atom is 0.214 e. The number of nitrogens with zero attached hydrogens (tertiary/aromatic N) is 3. The van der Waals surface area contributed by atoms with Gasteiger partial charge in [0, 0.05) is 24.4 Å². The number of hydrogen-bond donors (Lipinski definition) is 2.